The van der Waals surface area contributed by atoms with Crippen LogP contribution in [0.2, 0.25) is 0 Å². The molecular weight excluding hydrogens is 306 g/mol. The molecule has 1 aliphatic rings. The molecule has 1 aromatic carbocycles. The molecule has 20 heavy (non-hydrogen) atoms. The van der Waals surface area contributed by atoms with Crippen LogP contribution in [0.25, 0.3) is 11.0 Å². The topological polar surface area (TPSA) is 119 Å². The number of sulfone groups is 1. The molecule has 1 saturated heterocycles. The van der Waals surface area contributed by atoms with Gasteiger partial charge in [0, 0.05) is 6.04 Å². The van der Waals surface area contributed by atoms with Crippen LogP contribution in [0.4, 0.5) is 0 Å². The molecule has 108 valence electrons. The molecule has 0 unspecified atom stereocenters. The van der Waals surface area contributed by atoms with Crippen LogP contribution in [0.5, 0.6) is 0 Å². The first kappa shape index (κ1) is 13.5. The van der Waals surface area contributed by atoms with Gasteiger partial charge in [-0.1, -0.05) is 6.07 Å². The van der Waals surface area contributed by atoms with Crippen LogP contribution in [-0.4, -0.2) is 44.7 Å². The monoisotopic (exact) mass is 317 g/mol. The normalized spacial score (nSPS) is 22.3. The van der Waals surface area contributed by atoms with Crippen molar-refractivity contribution in [3.8, 4) is 0 Å². The average molecular weight is 317 g/mol. The summed E-state index contributed by atoms with van der Waals surface area (Å²) in [6.07, 6.45) is 0.272. The SMILES string of the molecule is O=S1(=O)CC[C@@H](NS(=O)(=O)c2cccc3nonc23)C1. The second-order valence-electron chi connectivity index (χ2n) is 4.61. The van der Waals surface area contributed by atoms with Gasteiger partial charge in [0.1, 0.15) is 10.4 Å². The van der Waals surface area contributed by atoms with Crippen LogP contribution in [-0.2, 0) is 19.9 Å². The van der Waals surface area contributed by atoms with Gasteiger partial charge < -0.3 is 0 Å². The lowest BCUT2D eigenvalue weighted by Gasteiger charge is -2.11. The van der Waals surface area contributed by atoms with E-state index in [0.717, 1.165) is 0 Å². The zero-order valence-corrected chi connectivity index (χ0v) is 11.8. The highest BCUT2D eigenvalue weighted by Crippen LogP contribution is 2.21. The molecule has 0 bridgehead atoms. The Bertz CT molecular complexity index is 856. The number of hydrogen-bond donors (Lipinski definition) is 1. The maximum atomic E-state index is 12.3. The Morgan fingerprint density at radius 2 is 2.10 bits per heavy atom. The van der Waals surface area contributed by atoms with Gasteiger partial charge in [-0.05, 0) is 28.9 Å². The molecule has 1 N–H and O–H groups in total. The third kappa shape index (κ3) is 2.41. The van der Waals surface area contributed by atoms with Crippen molar-refractivity contribution in [3.05, 3.63) is 18.2 Å². The summed E-state index contributed by atoms with van der Waals surface area (Å²) in [5.41, 5.74) is 0.452. The lowest BCUT2D eigenvalue weighted by Crippen LogP contribution is -2.35. The number of sulfonamides is 1. The largest absolute Gasteiger partial charge is 0.243 e. The highest BCUT2D eigenvalue weighted by Gasteiger charge is 2.32. The summed E-state index contributed by atoms with van der Waals surface area (Å²) in [6, 6.07) is 3.86. The van der Waals surface area contributed by atoms with E-state index in [0.29, 0.717) is 5.52 Å². The second kappa shape index (κ2) is 4.50. The van der Waals surface area contributed by atoms with Gasteiger partial charge in [0.2, 0.25) is 10.0 Å². The predicted octanol–water partition coefficient (Wildman–Crippen LogP) is -0.312. The van der Waals surface area contributed by atoms with Crippen molar-refractivity contribution >= 4 is 30.9 Å². The molecule has 3 rings (SSSR count). The number of rotatable bonds is 3. The minimum atomic E-state index is -3.87. The number of fused-ring (bicyclic) bond motifs is 1. The van der Waals surface area contributed by atoms with Gasteiger partial charge in [-0.25, -0.2) is 26.2 Å². The van der Waals surface area contributed by atoms with E-state index in [1.807, 2.05) is 0 Å². The van der Waals surface area contributed by atoms with Gasteiger partial charge in [0.05, 0.1) is 11.5 Å². The maximum absolute atomic E-state index is 12.3. The molecule has 8 nitrogen and oxygen atoms in total. The van der Waals surface area contributed by atoms with E-state index in [-0.39, 0.29) is 28.3 Å². The lowest BCUT2D eigenvalue weighted by atomic mass is 10.3. The Morgan fingerprint density at radius 3 is 2.80 bits per heavy atom. The molecule has 0 amide bonds. The third-order valence-electron chi connectivity index (χ3n) is 3.09. The van der Waals surface area contributed by atoms with Crippen molar-refractivity contribution in [2.24, 2.45) is 0 Å². The quantitative estimate of drug-likeness (QED) is 0.824. The van der Waals surface area contributed by atoms with Crippen molar-refractivity contribution in [3.63, 3.8) is 0 Å². The molecule has 1 aliphatic heterocycles. The number of nitrogens with one attached hydrogen (secondary N) is 1. The van der Waals surface area contributed by atoms with Gasteiger partial charge in [0.25, 0.3) is 0 Å². The molecule has 0 radical (unpaired) electrons. The summed E-state index contributed by atoms with van der Waals surface area (Å²) in [7, 11) is -7.02. The van der Waals surface area contributed by atoms with E-state index in [1.165, 1.54) is 12.1 Å². The van der Waals surface area contributed by atoms with Gasteiger partial charge in [-0.15, -0.1) is 0 Å². The Labute approximate surface area is 115 Å². The van der Waals surface area contributed by atoms with Crippen LogP contribution >= 0.6 is 0 Å². The smallest absolute Gasteiger partial charge is 0.243 e. The van der Waals surface area contributed by atoms with Crippen molar-refractivity contribution < 1.29 is 21.5 Å². The van der Waals surface area contributed by atoms with E-state index >= 15 is 0 Å². The Kier molecular flexibility index (Phi) is 3.03. The number of hydrogen-bond acceptors (Lipinski definition) is 7. The third-order valence-corrected chi connectivity index (χ3v) is 6.41. The van der Waals surface area contributed by atoms with Gasteiger partial charge in [-0.2, -0.15) is 0 Å². The number of benzene rings is 1. The Balaban J connectivity index is 1.95. The highest BCUT2D eigenvalue weighted by atomic mass is 32.2. The first-order valence-electron chi connectivity index (χ1n) is 5.81. The summed E-state index contributed by atoms with van der Waals surface area (Å²) in [6.45, 7) is 0. The molecule has 1 fully saturated rings. The lowest BCUT2D eigenvalue weighted by molar-refractivity contribution is 0.315. The Morgan fingerprint density at radius 1 is 1.30 bits per heavy atom. The minimum Gasteiger partial charge on any atom is -0.243 e. The van der Waals surface area contributed by atoms with Crippen LogP contribution in [0.15, 0.2) is 27.7 Å². The summed E-state index contributed by atoms with van der Waals surface area (Å²) in [5, 5.41) is 7.14. The molecule has 1 aromatic heterocycles. The standard InChI is InChI=1S/C10H11N3O5S2/c14-19(15)5-4-7(6-19)13-20(16,17)9-3-1-2-8-10(9)12-18-11-8/h1-3,7,13H,4-6H2/t7-/m1/s1. The first-order chi connectivity index (χ1) is 9.37. The highest BCUT2D eigenvalue weighted by molar-refractivity contribution is 7.92. The van der Waals surface area contributed by atoms with Crippen LogP contribution in [0, 0.1) is 0 Å². The van der Waals surface area contributed by atoms with Crippen molar-refractivity contribution in [1.29, 1.82) is 0 Å². The first-order valence-corrected chi connectivity index (χ1v) is 9.12. The number of nitrogens with zero attached hydrogens (tertiary/aromatic N) is 2. The fourth-order valence-electron chi connectivity index (χ4n) is 2.17. The van der Waals surface area contributed by atoms with Crippen molar-refractivity contribution in [2.45, 2.75) is 17.4 Å². The summed E-state index contributed by atoms with van der Waals surface area (Å²) < 4.78 is 54.2. The van der Waals surface area contributed by atoms with E-state index in [2.05, 4.69) is 19.7 Å². The molecule has 2 aromatic rings. The zero-order valence-electron chi connectivity index (χ0n) is 10.2. The minimum absolute atomic E-state index is 0.00406. The van der Waals surface area contributed by atoms with E-state index in [1.54, 1.807) is 6.07 Å². The number of aromatic nitrogens is 2. The van der Waals surface area contributed by atoms with Crippen LogP contribution in [0.3, 0.4) is 0 Å². The summed E-state index contributed by atoms with van der Waals surface area (Å²) in [4.78, 5) is -0.0689. The maximum Gasteiger partial charge on any atom is 0.243 e. The van der Waals surface area contributed by atoms with Crippen LogP contribution < -0.4 is 4.72 Å². The van der Waals surface area contributed by atoms with Crippen molar-refractivity contribution in [1.82, 2.24) is 15.0 Å². The molecule has 0 spiro atoms. The molecule has 2 heterocycles. The molecule has 0 saturated carbocycles. The fourth-order valence-corrected chi connectivity index (χ4v) is 5.37. The van der Waals surface area contributed by atoms with Gasteiger partial charge >= 0.3 is 0 Å². The average Bonchev–Trinajstić information content (AvgIpc) is 2.94. The molecule has 1 atom stereocenters. The fraction of sp³-hybridized carbons (Fsp3) is 0.400. The predicted molar refractivity (Wildman–Crippen MR) is 69.2 cm³/mol. The van der Waals surface area contributed by atoms with E-state index in [9.17, 15) is 16.8 Å². The second-order valence-corrected chi connectivity index (χ2v) is 8.52. The summed E-state index contributed by atoms with van der Waals surface area (Å²) in [5.74, 6) is -0.185. The van der Waals surface area contributed by atoms with E-state index < -0.39 is 25.9 Å². The van der Waals surface area contributed by atoms with Gasteiger partial charge in [0.15, 0.2) is 15.4 Å². The Hall–Kier alpha value is -1.52. The zero-order chi connectivity index (χ0) is 14.4. The summed E-state index contributed by atoms with van der Waals surface area (Å²) >= 11 is 0. The molecule has 10 heteroatoms. The van der Waals surface area contributed by atoms with E-state index in [4.69, 9.17) is 0 Å². The van der Waals surface area contributed by atoms with Crippen LogP contribution in [0.1, 0.15) is 6.42 Å². The molecule has 0 aliphatic carbocycles. The molecular formula is C10H11N3O5S2. The van der Waals surface area contributed by atoms with Crippen molar-refractivity contribution in [2.75, 3.05) is 11.5 Å². The van der Waals surface area contributed by atoms with Gasteiger partial charge in [-0.3, -0.25) is 0 Å².